The fourth-order valence-electron chi connectivity index (χ4n) is 6.09. The SMILES string of the molecule is CCCCCCCCCCCCCCCCCC(=O)NC(CC)NC(=O)CCCCCCCCCCCCCCCCC. The molecule has 0 saturated heterocycles. The molecule has 2 amide bonds. The molecule has 0 atom stereocenters. The van der Waals surface area contributed by atoms with Gasteiger partial charge in [-0.1, -0.05) is 201 Å². The van der Waals surface area contributed by atoms with E-state index in [-0.39, 0.29) is 18.0 Å². The first-order chi connectivity index (χ1) is 21.1. The van der Waals surface area contributed by atoms with Crippen molar-refractivity contribution < 1.29 is 9.59 Å². The van der Waals surface area contributed by atoms with Crippen molar-refractivity contribution in [2.24, 2.45) is 0 Å². The largest absolute Gasteiger partial charge is 0.336 e. The van der Waals surface area contributed by atoms with Crippen LogP contribution in [0, 0.1) is 0 Å². The van der Waals surface area contributed by atoms with Gasteiger partial charge in [-0.15, -0.1) is 0 Å². The molecule has 256 valence electrons. The number of rotatable bonds is 35. The van der Waals surface area contributed by atoms with Crippen LogP contribution in [0.5, 0.6) is 0 Å². The van der Waals surface area contributed by atoms with E-state index < -0.39 is 0 Å². The Morgan fingerprint density at radius 1 is 0.349 bits per heavy atom. The molecule has 0 heterocycles. The number of nitrogens with one attached hydrogen (secondary N) is 2. The Balaban J connectivity index is 3.50. The van der Waals surface area contributed by atoms with Crippen molar-refractivity contribution in [1.29, 1.82) is 0 Å². The van der Waals surface area contributed by atoms with Gasteiger partial charge in [-0.05, 0) is 19.3 Å². The average molecular weight is 607 g/mol. The third-order valence-electron chi connectivity index (χ3n) is 9.09. The lowest BCUT2D eigenvalue weighted by molar-refractivity contribution is -0.124. The van der Waals surface area contributed by atoms with Gasteiger partial charge in [-0.25, -0.2) is 0 Å². The molecule has 0 aromatic heterocycles. The summed E-state index contributed by atoms with van der Waals surface area (Å²) in [7, 11) is 0. The second kappa shape index (κ2) is 35.4. The summed E-state index contributed by atoms with van der Waals surface area (Å²) in [6.07, 6.45) is 41.6. The molecule has 4 heteroatoms. The maximum atomic E-state index is 12.4. The van der Waals surface area contributed by atoms with E-state index in [0.717, 1.165) is 32.1 Å². The first-order valence-electron chi connectivity index (χ1n) is 19.7. The van der Waals surface area contributed by atoms with Gasteiger partial charge in [-0.2, -0.15) is 0 Å². The molecule has 0 unspecified atom stereocenters. The quantitative estimate of drug-likeness (QED) is 0.0557. The molecular formula is C39H78N2O2. The minimum atomic E-state index is -0.229. The van der Waals surface area contributed by atoms with Crippen molar-refractivity contribution in [2.75, 3.05) is 0 Å². The van der Waals surface area contributed by atoms with Crippen molar-refractivity contribution in [3.63, 3.8) is 0 Å². The minimum Gasteiger partial charge on any atom is -0.336 e. The molecule has 0 aromatic rings. The molecule has 43 heavy (non-hydrogen) atoms. The van der Waals surface area contributed by atoms with Crippen LogP contribution in [0.15, 0.2) is 0 Å². The zero-order valence-corrected chi connectivity index (χ0v) is 29.7. The van der Waals surface area contributed by atoms with E-state index in [9.17, 15) is 9.59 Å². The van der Waals surface area contributed by atoms with Crippen LogP contribution in [0.4, 0.5) is 0 Å². The third-order valence-corrected chi connectivity index (χ3v) is 9.09. The zero-order valence-electron chi connectivity index (χ0n) is 29.7. The average Bonchev–Trinajstić information content (AvgIpc) is 3.00. The summed E-state index contributed by atoms with van der Waals surface area (Å²) in [4.78, 5) is 24.7. The molecule has 0 aromatic carbocycles. The van der Waals surface area contributed by atoms with Gasteiger partial charge in [0.25, 0.3) is 0 Å². The summed E-state index contributed by atoms with van der Waals surface area (Å²) in [6, 6.07) is 0. The van der Waals surface area contributed by atoms with Crippen molar-refractivity contribution in [3.05, 3.63) is 0 Å². The first kappa shape index (κ1) is 41.9. The Hall–Kier alpha value is -1.06. The van der Waals surface area contributed by atoms with E-state index >= 15 is 0 Å². The topological polar surface area (TPSA) is 58.2 Å². The van der Waals surface area contributed by atoms with E-state index in [4.69, 9.17) is 0 Å². The lowest BCUT2D eigenvalue weighted by Gasteiger charge is -2.18. The van der Waals surface area contributed by atoms with Crippen molar-refractivity contribution in [2.45, 2.75) is 239 Å². The number of carbonyl (C=O) groups excluding carboxylic acids is 2. The summed E-state index contributed by atoms with van der Waals surface area (Å²) < 4.78 is 0. The highest BCUT2D eigenvalue weighted by Gasteiger charge is 2.12. The van der Waals surface area contributed by atoms with Gasteiger partial charge < -0.3 is 10.6 Å². The highest BCUT2D eigenvalue weighted by molar-refractivity contribution is 5.79. The highest BCUT2D eigenvalue weighted by atomic mass is 16.2. The van der Waals surface area contributed by atoms with Gasteiger partial charge in [0.15, 0.2) is 0 Å². The number of amides is 2. The normalized spacial score (nSPS) is 11.3. The second-order valence-electron chi connectivity index (χ2n) is 13.5. The molecular weight excluding hydrogens is 528 g/mol. The number of hydrogen-bond acceptors (Lipinski definition) is 2. The fraction of sp³-hybridized carbons (Fsp3) is 0.949. The molecule has 0 aliphatic carbocycles. The molecule has 0 aliphatic heterocycles. The van der Waals surface area contributed by atoms with Crippen molar-refractivity contribution >= 4 is 11.8 Å². The van der Waals surface area contributed by atoms with Crippen molar-refractivity contribution in [3.8, 4) is 0 Å². The Labute approximate surface area is 270 Å². The molecule has 2 N–H and O–H groups in total. The molecule has 0 fully saturated rings. The third kappa shape index (κ3) is 33.7. The molecule has 0 radical (unpaired) electrons. The van der Waals surface area contributed by atoms with Gasteiger partial charge in [-0.3, -0.25) is 9.59 Å². The summed E-state index contributed by atoms with van der Waals surface area (Å²) >= 11 is 0. The van der Waals surface area contributed by atoms with Gasteiger partial charge in [0.2, 0.25) is 11.8 Å². The summed E-state index contributed by atoms with van der Waals surface area (Å²) in [5, 5.41) is 6.06. The predicted molar refractivity (Wildman–Crippen MR) is 189 cm³/mol. The molecule has 0 bridgehead atoms. The summed E-state index contributed by atoms with van der Waals surface area (Å²) in [6.45, 7) is 6.58. The Morgan fingerprint density at radius 2 is 0.558 bits per heavy atom. The van der Waals surface area contributed by atoms with E-state index in [2.05, 4.69) is 24.5 Å². The highest BCUT2D eigenvalue weighted by Crippen LogP contribution is 2.15. The van der Waals surface area contributed by atoms with Gasteiger partial charge in [0.05, 0.1) is 0 Å². The van der Waals surface area contributed by atoms with Crippen LogP contribution in [0.1, 0.15) is 233 Å². The van der Waals surface area contributed by atoms with E-state index in [1.54, 1.807) is 0 Å². The smallest absolute Gasteiger partial charge is 0.221 e. The number of unbranched alkanes of at least 4 members (excludes halogenated alkanes) is 28. The van der Waals surface area contributed by atoms with Gasteiger partial charge >= 0.3 is 0 Å². The lowest BCUT2D eigenvalue weighted by atomic mass is 10.0. The molecule has 4 nitrogen and oxygen atoms in total. The lowest BCUT2D eigenvalue weighted by Crippen LogP contribution is -2.47. The van der Waals surface area contributed by atoms with E-state index in [0.29, 0.717) is 12.8 Å². The Morgan fingerprint density at radius 3 is 0.767 bits per heavy atom. The van der Waals surface area contributed by atoms with Crippen LogP contribution >= 0.6 is 0 Å². The predicted octanol–water partition coefficient (Wildman–Crippen LogP) is 12.5. The molecule has 0 spiro atoms. The first-order valence-corrected chi connectivity index (χ1v) is 19.7. The van der Waals surface area contributed by atoms with Crippen LogP contribution < -0.4 is 10.6 Å². The summed E-state index contributed by atoms with van der Waals surface area (Å²) in [5.41, 5.74) is 0. The molecule has 0 saturated carbocycles. The van der Waals surface area contributed by atoms with Crippen molar-refractivity contribution in [1.82, 2.24) is 10.6 Å². The van der Waals surface area contributed by atoms with Crippen LogP contribution in [0.2, 0.25) is 0 Å². The van der Waals surface area contributed by atoms with Gasteiger partial charge in [0.1, 0.15) is 6.17 Å². The van der Waals surface area contributed by atoms with Gasteiger partial charge in [0, 0.05) is 12.8 Å². The zero-order chi connectivity index (χ0) is 31.5. The van der Waals surface area contributed by atoms with Crippen LogP contribution in [0.3, 0.4) is 0 Å². The fourth-order valence-corrected chi connectivity index (χ4v) is 6.09. The van der Waals surface area contributed by atoms with E-state index in [1.165, 1.54) is 167 Å². The van der Waals surface area contributed by atoms with Crippen LogP contribution in [-0.4, -0.2) is 18.0 Å². The standard InChI is InChI=1S/C39H78N2O2/c1-4-7-9-11-13-15-17-19-21-23-25-27-29-31-33-35-38(42)40-37(6-3)41-39(43)36-34-32-30-28-26-24-22-20-18-16-14-12-10-8-5-2/h37H,4-36H2,1-3H3,(H,40,42)(H,41,43). The molecule has 0 rings (SSSR count). The monoisotopic (exact) mass is 607 g/mol. The Bertz CT molecular complexity index is 532. The molecule has 0 aliphatic rings. The van der Waals surface area contributed by atoms with Crippen LogP contribution in [0.25, 0.3) is 0 Å². The number of carbonyl (C=O) groups is 2. The Kier molecular flexibility index (Phi) is 34.5. The summed E-state index contributed by atoms with van der Waals surface area (Å²) in [5.74, 6) is 0.155. The number of hydrogen-bond donors (Lipinski definition) is 2. The second-order valence-corrected chi connectivity index (χ2v) is 13.5. The minimum absolute atomic E-state index is 0.0776. The maximum absolute atomic E-state index is 12.4. The van der Waals surface area contributed by atoms with Crippen LogP contribution in [-0.2, 0) is 9.59 Å². The maximum Gasteiger partial charge on any atom is 0.221 e. The van der Waals surface area contributed by atoms with E-state index in [1.807, 2.05) is 6.92 Å².